The van der Waals surface area contributed by atoms with Gasteiger partial charge < -0.3 is 0 Å². The van der Waals surface area contributed by atoms with E-state index in [1.807, 2.05) is 31.2 Å². The van der Waals surface area contributed by atoms with Crippen LogP contribution in [-0.4, -0.2) is 0 Å². The standard InChI is InChI=1S/C7H4N.C7H7.Co.O/c1-8-7-5-3-2-4-6-7;1-7-5-3-2-4-6-7;;/h3-6H;3-6H,1H3;;. The molecule has 0 heterocycles. The molecule has 87 valence electrons. The molecule has 0 saturated heterocycles. The van der Waals surface area contributed by atoms with Crippen LogP contribution >= 0.6 is 0 Å². The molecule has 0 atom stereocenters. The van der Waals surface area contributed by atoms with E-state index in [2.05, 4.69) is 4.85 Å². The van der Waals surface area contributed by atoms with Crippen LogP contribution in [0, 0.1) is 13.5 Å². The number of hydrogen-bond acceptors (Lipinski definition) is 1. The van der Waals surface area contributed by atoms with Gasteiger partial charge in [-0.2, -0.15) is 0 Å². The minimum absolute atomic E-state index is 0.570. The molecule has 0 amide bonds. The molecule has 0 fully saturated rings. The Labute approximate surface area is 105 Å². The molecule has 17 heavy (non-hydrogen) atoms. The van der Waals surface area contributed by atoms with Crippen LogP contribution in [0.3, 0.4) is 0 Å². The summed E-state index contributed by atoms with van der Waals surface area (Å²) >= 11 is -1.53. The fourth-order valence-corrected chi connectivity index (χ4v) is 2.67. The summed E-state index contributed by atoms with van der Waals surface area (Å²) in [4.78, 5) is 3.31. The molecule has 0 aliphatic heterocycles. The van der Waals surface area contributed by atoms with Crippen molar-refractivity contribution in [3.05, 3.63) is 65.5 Å². The molecule has 0 radical (unpaired) electrons. The van der Waals surface area contributed by atoms with Gasteiger partial charge >= 0.3 is 105 Å². The van der Waals surface area contributed by atoms with Gasteiger partial charge in [-0.15, -0.1) is 0 Å². The van der Waals surface area contributed by atoms with Gasteiger partial charge in [-0.05, 0) is 0 Å². The molecule has 0 aliphatic rings. The third kappa shape index (κ3) is 2.67. The molecule has 2 aromatic carbocycles. The monoisotopic (exact) mass is 268 g/mol. The van der Waals surface area contributed by atoms with Crippen molar-refractivity contribution in [3.63, 3.8) is 0 Å². The Kier molecular flexibility index (Phi) is 3.48. The zero-order chi connectivity index (χ0) is 12.3. The molecule has 0 unspecified atom stereocenters. The van der Waals surface area contributed by atoms with Crippen LogP contribution in [-0.2, 0) is 17.5 Å². The minimum atomic E-state index is -1.53. The van der Waals surface area contributed by atoms with E-state index in [0.29, 0.717) is 5.69 Å². The first-order valence-corrected chi connectivity index (χ1v) is 6.53. The van der Waals surface area contributed by atoms with Crippen molar-refractivity contribution in [2.45, 2.75) is 6.92 Å². The van der Waals surface area contributed by atoms with E-state index < -0.39 is 13.6 Å². The Morgan fingerprint density at radius 2 is 1.41 bits per heavy atom. The van der Waals surface area contributed by atoms with Crippen LogP contribution in [0.5, 0.6) is 0 Å². The Bertz CT molecular complexity index is 579. The van der Waals surface area contributed by atoms with Crippen LogP contribution in [0.4, 0.5) is 5.69 Å². The summed E-state index contributed by atoms with van der Waals surface area (Å²) in [6, 6.07) is 14.6. The molecule has 0 aliphatic carbocycles. The van der Waals surface area contributed by atoms with Gasteiger partial charge in [0.2, 0.25) is 0 Å². The molecule has 2 rings (SSSR count). The number of rotatable bonds is 2. The Balaban J connectivity index is 2.31. The van der Waals surface area contributed by atoms with Crippen molar-refractivity contribution >= 4 is 14.7 Å². The summed E-state index contributed by atoms with van der Waals surface area (Å²) in [7, 11) is 0. The van der Waals surface area contributed by atoms with Crippen LogP contribution in [0.2, 0.25) is 0 Å². The normalized spacial score (nSPS) is 10.7. The zero-order valence-electron chi connectivity index (χ0n) is 9.31. The first-order valence-electron chi connectivity index (χ1n) is 5.06. The fourth-order valence-electron chi connectivity index (χ4n) is 1.35. The second kappa shape index (κ2) is 5.04. The first kappa shape index (κ1) is 11.7. The van der Waals surface area contributed by atoms with Crippen molar-refractivity contribution in [2.24, 2.45) is 0 Å². The molecule has 0 aromatic heterocycles. The van der Waals surface area contributed by atoms with Gasteiger partial charge in [-0.25, -0.2) is 0 Å². The van der Waals surface area contributed by atoms with E-state index in [-0.39, 0.29) is 0 Å². The number of nitrogens with zero attached hydrogens (tertiary/aromatic N) is 1. The SMILES string of the molecule is [C-]#[N+]c1cc[c]([Co](=[O])[c]2ccc(C)cc2)cc1. The molecule has 2 aromatic rings. The van der Waals surface area contributed by atoms with Crippen LogP contribution in [0.15, 0.2) is 48.5 Å². The van der Waals surface area contributed by atoms with Crippen molar-refractivity contribution < 1.29 is 17.5 Å². The van der Waals surface area contributed by atoms with E-state index in [9.17, 15) is 3.87 Å². The average Bonchev–Trinajstić information content (AvgIpc) is 2.39. The van der Waals surface area contributed by atoms with Crippen LogP contribution in [0.25, 0.3) is 4.85 Å². The summed E-state index contributed by atoms with van der Waals surface area (Å²) < 4.78 is 13.8. The van der Waals surface area contributed by atoms with Gasteiger partial charge in [0.1, 0.15) is 0 Å². The van der Waals surface area contributed by atoms with Crippen LogP contribution in [0.1, 0.15) is 5.56 Å². The molecule has 0 bridgehead atoms. The van der Waals surface area contributed by atoms with Gasteiger partial charge in [-0.1, -0.05) is 0 Å². The number of hydrogen-bond donors (Lipinski definition) is 0. The second-order valence-electron chi connectivity index (χ2n) is 3.55. The molecular formula is C14H11CoNO. The van der Waals surface area contributed by atoms with E-state index in [4.69, 9.17) is 6.57 Å². The average molecular weight is 268 g/mol. The first-order chi connectivity index (χ1) is 8.20. The summed E-state index contributed by atoms with van der Waals surface area (Å²) in [6.45, 7) is 8.86. The molecule has 2 nitrogen and oxygen atoms in total. The topological polar surface area (TPSA) is 21.4 Å². The van der Waals surface area contributed by atoms with Gasteiger partial charge in [0.25, 0.3) is 0 Å². The second-order valence-corrected chi connectivity index (χ2v) is 5.44. The van der Waals surface area contributed by atoms with Gasteiger partial charge in [0.15, 0.2) is 0 Å². The van der Waals surface area contributed by atoms with Gasteiger partial charge in [0.05, 0.1) is 0 Å². The molecule has 0 spiro atoms. The summed E-state index contributed by atoms with van der Waals surface area (Å²) in [5.74, 6) is 0. The summed E-state index contributed by atoms with van der Waals surface area (Å²) in [6.07, 6.45) is 0. The third-order valence-electron chi connectivity index (χ3n) is 2.29. The van der Waals surface area contributed by atoms with Gasteiger partial charge in [-0.3, -0.25) is 0 Å². The Hall–Kier alpha value is -1.76. The zero-order valence-corrected chi connectivity index (χ0v) is 10.3. The van der Waals surface area contributed by atoms with Crippen LogP contribution < -0.4 is 9.00 Å². The van der Waals surface area contributed by atoms with E-state index in [1.54, 1.807) is 24.3 Å². The van der Waals surface area contributed by atoms with Crippen molar-refractivity contribution in [1.29, 1.82) is 0 Å². The number of aryl methyl sites for hydroxylation is 1. The maximum absolute atomic E-state index is 12.2. The molecule has 0 N–H and O–H groups in total. The predicted octanol–water partition coefficient (Wildman–Crippen LogP) is 2.46. The summed E-state index contributed by atoms with van der Waals surface area (Å²) in [5.41, 5.74) is 1.72. The Morgan fingerprint density at radius 1 is 0.941 bits per heavy atom. The van der Waals surface area contributed by atoms with Crippen molar-refractivity contribution in [2.75, 3.05) is 0 Å². The van der Waals surface area contributed by atoms with E-state index in [1.165, 1.54) is 0 Å². The number of benzene rings is 2. The van der Waals surface area contributed by atoms with Crippen molar-refractivity contribution in [3.8, 4) is 0 Å². The van der Waals surface area contributed by atoms with Crippen molar-refractivity contribution in [1.82, 2.24) is 0 Å². The molecule has 3 heteroatoms. The summed E-state index contributed by atoms with van der Waals surface area (Å²) in [5, 5.41) is 0. The van der Waals surface area contributed by atoms with E-state index in [0.717, 1.165) is 14.6 Å². The quantitative estimate of drug-likeness (QED) is 0.767. The third-order valence-corrected chi connectivity index (χ3v) is 4.07. The van der Waals surface area contributed by atoms with Gasteiger partial charge in [0, 0.05) is 0 Å². The molecule has 0 saturated carbocycles. The van der Waals surface area contributed by atoms with E-state index >= 15 is 0 Å². The fraction of sp³-hybridized carbons (Fsp3) is 0.0714. The maximum atomic E-state index is 12.2. The predicted molar refractivity (Wildman–Crippen MR) is 63.8 cm³/mol. The molecular weight excluding hydrogens is 257 g/mol. The Morgan fingerprint density at radius 3 is 1.88 bits per heavy atom.